The van der Waals surface area contributed by atoms with Crippen LogP contribution < -0.4 is 5.73 Å². The summed E-state index contributed by atoms with van der Waals surface area (Å²) in [7, 11) is 1.85. The predicted octanol–water partition coefficient (Wildman–Crippen LogP) is 0.972. The van der Waals surface area contributed by atoms with Gasteiger partial charge in [-0.15, -0.1) is 0 Å². The third-order valence-corrected chi connectivity index (χ3v) is 2.25. The van der Waals surface area contributed by atoms with E-state index in [1.807, 2.05) is 34.0 Å². The lowest BCUT2D eigenvalue weighted by Crippen LogP contribution is -2.30. The summed E-state index contributed by atoms with van der Waals surface area (Å²) < 4.78 is 6.89. The van der Waals surface area contributed by atoms with Gasteiger partial charge in [0, 0.05) is 13.2 Å². The lowest BCUT2D eigenvalue weighted by atomic mass is 10.1. The molecule has 16 heavy (non-hydrogen) atoms. The molecule has 2 heterocycles. The van der Waals surface area contributed by atoms with Gasteiger partial charge in [0.05, 0.1) is 16.8 Å². The number of nitrogens with zero attached hydrogens (tertiary/aromatic N) is 4. The number of hydrogen-bond acceptors (Lipinski definition) is 5. The van der Waals surface area contributed by atoms with Crippen molar-refractivity contribution >= 4 is 0 Å². The Morgan fingerprint density at radius 2 is 2.12 bits per heavy atom. The van der Waals surface area contributed by atoms with Crippen LogP contribution in [0.1, 0.15) is 25.4 Å². The Morgan fingerprint density at radius 1 is 1.44 bits per heavy atom. The minimum Gasteiger partial charge on any atom is -0.334 e. The first-order valence-corrected chi connectivity index (χ1v) is 5.01. The normalized spacial score (nSPS) is 12.1. The van der Waals surface area contributed by atoms with Crippen molar-refractivity contribution in [2.75, 3.05) is 0 Å². The second-order valence-electron chi connectivity index (χ2n) is 4.45. The fourth-order valence-corrected chi connectivity index (χ4v) is 1.40. The zero-order valence-corrected chi connectivity index (χ0v) is 9.85. The standard InChI is InChI=1S/C10H15N5O/c1-6-7(5-15(4)13-6)8-12-9(14-16-8)10(2,3)11/h5H,11H2,1-4H3. The van der Waals surface area contributed by atoms with E-state index in [0.717, 1.165) is 11.3 Å². The first-order valence-electron chi connectivity index (χ1n) is 5.01. The van der Waals surface area contributed by atoms with E-state index in [1.165, 1.54) is 0 Å². The quantitative estimate of drug-likeness (QED) is 0.817. The number of aromatic nitrogens is 4. The molecule has 6 heteroatoms. The van der Waals surface area contributed by atoms with Crippen molar-refractivity contribution in [2.45, 2.75) is 26.3 Å². The van der Waals surface area contributed by atoms with Gasteiger partial charge in [-0.05, 0) is 20.8 Å². The Bertz CT molecular complexity index is 506. The summed E-state index contributed by atoms with van der Waals surface area (Å²) in [6.07, 6.45) is 1.84. The fraction of sp³-hybridized carbons (Fsp3) is 0.500. The van der Waals surface area contributed by atoms with E-state index >= 15 is 0 Å². The van der Waals surface area contributed by atoms with E-state index < -0.39 is 5.54 Å². The molecule has 0 bridgehead atoms. The second-order valence-corrected chi connectivity index (χ2v) is 4.45. The summed E-state index contributed by atoms with van der Waals surface area (Å²) in [5.41, 5.74) is 6.98. The van der Waals surface area contributed by atoms with E-state index in [9.17, 15) is 0 Å². The molecule has 0 aliphatic carbocycles. The fourth-order valence-electron chi connectivity index (χ4n) is 1.40. The molecule has 2 N–H and O–H groups in total. The largest absolute Gasteiger partial charge is 0.334 e. The van der Waals surface area contributed by atoms with Gasteiger partial charge in [-0.25, -0.2) is 0 Å². The van der Waals surface area contributed by atoms with Gasteiger partial charge >= 0.3 is 0 Å². The van der Waals surface area contributed by atoms with Crippen LogP contribution in [-0.4, -0.2) is 19.9 Å². The van der Waals surface area contributed by atoms with Gasteiger partial charge in [-0.1, -0.05) is 5.16 Å². The Labute approximate surface area is 93.4 Å². The monoisotopic (exact) mass is 221 g/mol. The van der Waals surface area contributed by atoms with Gasteiger partial charge in [0.1, 0.15) is 0 Å². The highest BCUT2D eigenvalue weighted by molar-refractivity contribution is 5.54. The van der Waals surface area contributed by atoms with Crippen LogP contribution >= 0.6 is 0 Å². The molecule has 2 aromatic rings. The van der Waals surface area contributed by atoms with Gasteiger partial charge in [0.25, 0.3) is 5.89 Å². The SMILES string of the molecule is Cc1nn(C)cc1-c1nc(C(C)(C)N)no1. The Kier molecular flexibility index (Phi) is 2.31. The molecule has 0 spiro atoms. The van der Waals surface area contributed by atoms with Crippen LogP contribution in [0.2, 0.25) is 0 Å². The first kappa shape index (κ1) is 10.8. The van der Waals surface area contributed by atoms with Gasteiger partial charge < -0.3 is 10.3 Å². The lowest BCUT2D eigenvalue weighted by molar-refractivity contribution is 0.397. The van der Waals surface area contributed by atoms with E-state index in [1.54, 1.807) is 4.68 Å². The first-order chi connectivity index (χ1) is 7.38. The summed E-state index contributed by atoms with van der Waals surface area (Å²) in [6.45, 7) is 5.56. The zero-order valence-electron chi connectivity index (χ0n) is 9.85. The average Bonchev–Trinajstić information content (AvgIpc) is 2.70. The van der Waals surface area contributed by atoms with Crippen LogP contribution in [0.15, 0.2) is 10.7 Å². The summed E-state index contributed by atoms with van der Waals surface area (Å²) in [6, 6.07) is 0. The molecule has 0 amide bonds. The molecule has 0 saturated carbocycles. The predicted molar refractivity (Wildman–Crippen MR) is 58.5 cm³/mol. The molecule has 86 valence electrons. The Hall–Kier alpha value is -1.69. The molecule has 0 aromatic carbocycles. The highest BCUT2D eigenvalue weighted by atomic mass is 16.5. The molecule has 0 aliphatic heterocycles. The topological polar surface area (TPSA) is 82.8 Å². The molecule has 2 aromatic heterocycles. The van der Waals surface area contributed by atoms with E-state index in [2.05, 4.69) is 15.2 Å². The van der Waals surface area contributed by atoms with Crippen molar-refractivity contribution in [3.8, 4) is 11.5 Å². The minimum absolute atomic E-state index is 0.458. The van der Waals surface area contributed by atoms with Crippen LogP contribution in [0.25, 0.3) is 11.5 Å². The molecule has 6 nitrogen and oxygen atoms in total. The van der Waals surface area contributed by atoms with Crippen molar-refractivity contribution in [3.05, 3.63) is 17.7 Å². The molecule has 0 fully saturated rings. The maximum absolute atomic E-state index is 5.89. The van der Waals surface area contributed by atoms with Gasteiger partial charge in [0.2, 0.25) is 0 Å². The smallest absolute Gasteiger partial charge is 0.261 e. The number of aryl methyl sites for hydroxylation is 2. The highest BCUT2D eigenvalue weighted by Gasteiger charge is 2.23. The van der Waals surface area contributed by atoms with Crippen molar-refractivity contribution in [3.63, 3.8) is 0 Å². The second kappa shape index (κ2) is 3.41. The van der Waals surface area contributed by atoms with Crippen molar-refractivity contribution < 1.29 is 4.52 Å². The van der Waals surface area contributed by atoms with Gasteiger partial charge in [-0.3, -0.25) is 4.68 Å². The molecule has 0 aliphatic rings. The molecule has 0 radical (unpaired) electrons. The lowest BCUT2D eigenvalue weighted by Gasteiger charge is -2.11. The van der Waals surface area contributed by atoms with Gasteiger partial charge in [0.15, 0.2) is 5.82 Å². The van der Waals surface area contributed by atoms with Crippen LogP contribution in [-0.2, 0) is 12.6 Å². The van der Waals surface area contributed by atoms with Crippen LogP contribution in [0, 0.1) is 6.92 Å². The molecule has 0 saturated heterocycles. The van der Waals surface area contributed by atoms with Crippen LogP contribution in [0.3, 0.4) is 0 Å². The number of nitrogens with two attached hydrogens (primary N) is 1. The summed E-state index contributed by atoms with van der Waals surface area (Å²) in [4.78, 5) is 4.27. The summed E-state index contributed by atoms with van der Waals surface area (Å²) in [5.74, 6) is 0.949. The molecular weight excluding hydrogens is 206 g/mol. The third-order valence-electron chi connectivity index (χ3n) is 2.25. The number of hydrogen-bond donors (Lipinski definition) is 1. The minimum atomic E-state index is -0.599. The van der Waals surface area contributed by atoms with E-state index in [0.29, 0.717) is 11.7 Å². The molecule has 0 atom stereocenters. The Morgan fingerprint density at radius 3 is 2.56 bits per heavy atom. The maximum atomic E-state index is 5.89. The molecule has 2 rings (SSSR count). The third kappa shape index (κ3) is 1.83. The summed E-state index contributed by atoms with van der Waals surface area (Å²) >= 11 is 0. The summed E-state index contributed by atoms with van der Waals surface area (Å²) in [5, 5.41) is 8.08. The maximum Gasteiger partial charge on any atom is 0.261 e. The molecule has 0 unspecified atom stereocenters. The number of rotatable bonds is 2. The van der Waals surface area contributed by atoms with E-state index in [4.69, 9.17) is 10.3 Å². The van der Waals surface area contributed by atoms with Crippen LogP contribution in [0.5, 0.6) is 0 Å². The van der Waals surface area contributed by atoms with Crippen LogP contribution in [0.4, 0.5) is 0 Å². The van der Waals surface area contributed by atoms with Crippen molar-refractivity contribution in [2.24, 2.45) is 12.8 Å². The van der Waals surface area contributed by atoms with E-state index in [-0.39, 0.29) is 0 Å². The zero-order chi connectivity index (χ0) is 11.9. The van der Waals surface area contributed by atoms with Crippen molar-refractivity contribution in [1.29, 1.82) is 0 Å². The molecular formula is C10H15N5O. The average molecular weight is 221 g/mol. The Balaban J connectivity index is 2.43. The highest BCUT2D eigenvalue weighted by Crippen LogP contribution is 2.22. The van der Waals surface area contributed by atoms with Gasteiger partial charge in [-0.2, -0.15) is 10.1 Å². The van der Waals surface area contributed by atoms with Crippen molar-refractivity contribution in [1.82, 2.24) is 19.9 Å².